The molecule has 3 N–H and O–H groups in total. The summed E-state index contributed by atoms with van der Waals surface area (Å²) in [6, 6.07) is 3.58. The largest absolute Gasteiger partial charge is 0.378 e. The van der Waals surface area contributed by atoms with Crippen LogP contribution in [0.1, 0.15) is 34.8 Å². The highest BCUT2D eigenvalue weighted by Gasteiger charge is 2.30. The second-order valence-electron chi connectivity index (χ2n) is 8.94. The van der Waals surface area contributed by atoms with Gasteiger partial charge in [0.15, 0.2) is 5.65 Å². The van der Waals surface area contributed by atoms with Crippen LogP contribution in [0.2, 0.25) is 0 Å². The van der Waals surface area contributed by atoms with E-state index in [9.17, 15) is 4.79 Å². The molecule has 12 nitrogen and oxygen atoms in total. The normalized spacial score (nSPS) is 16.5. The molecule has 192 valence electrons. The molecule has 13 heteroatoms. The SMILES string of the molecule is Cl.Nc1ncc(-c2nc(N3CCOCC3)nc3[nH]nc(C4CCN(C(=O)c5cccnc5)CC4)c23)cn1. The highest BCUT2D eigenvalue weighted by molar-refractivity contribution is 5.94. The molecule has 1 amide bonds. The topological polar surface area (TPSA) is 152 Å². The van der Waals surface area contributed by atoms with Crippen LogP contribution in [0.15, 0.2) is 36.9 Å². The van der Waals surface area contributed by atoms with Gasteiger partial charge in [0.1, 0.15) is 0 Å². The van der Waals surface area contributed by atoms with Crippen LogP contribution < -0.4 is 10.6 Å². The molecule has 2 fully saturated rings. The molecule has 0 aliphatic carbocycles. The van der Waals surface area contributed by atoms with Crippen LogP contribution in [0.3, 0.4) is 0 Å². The molecule has 6 rings (SSSR count). The molecule has 37 heavy (non-hydrogen) atoms. The smallest absolute Gasteiger partial charge is 0.255 e. The average Bonchev–Trinajstić information content (AvgIpc) is 3.38. The van der Waals surface area contributed by atoms with Gasteiger partial charge < -0.3 is 20.3 Å². The lowest BCUT2D eigenvalue weighted by atomic mass is 9.91. The molecule has 2 aliphatic heterocycles. The highest BCUT2D eigenvalue weighted by Crippen LogP contribution is 2.36. The number of nitrogens with one attached hydrogen (secondary N) is 1. The summed E-state index contributed by atoms with van der Waals surface area (Å²) in [6.07, 6.45) is 8.21. The van der Waals surface area contributed by atoms with Crippen LogP contribution in [0.25, 0.3) is 22.3 Å². The number of H-pyrrole nitrogens is 1. The minimum atomic E-state index is 0. The number of fused-ring (bicyclic) bond motifs is 1. The van der Waals surface area contributed by atoms with Crippen LogP contribution in [-0.4, -0.2) is 85.3 Å². The van der Waals surface area contributed by atoms with Gasteiger partial charge >= 0.3 is 0 Å². The van der Waals surface area contributed by atoms with E-state index >= 15 is 0 Å². The predicted molar refractivity (Wildman–Crippen MR) is 140 cm³/mol. The number of nitrogen functional groups attached to an aromatic ring is 1. The molecule has 0 bridgehead atoms. The fraction of sp³-hybridized carbons (Fsp3) is 0.375. The van der Waals surface area contributed by atoms with Crippen LogP contribution in [-0.2, 0) is 4.74 Å². The number of carbonyl (C=O) groups is 1. The van der Waals surface area contributed by atoms with Crippen molar-refractivity contribution in [3.63, 3.8) is 0 Å². The number of pyridine rings is 1. The number of likely N-dealkylation sites (tertiary alicyclic amines) is 1. The van der Waals surface area contributed by atoms with Crippen molar-refractivity contribution in [2.24, 2.45) is 0 Å². The molecule has 0 unspecified atom stereocenters. The van der Waals surface area contributed by atoms with E-state index in [2.05, 4.69) is 30.0 Å². The van der Waals surface area contributed by atoms with E-state index in [0.29, 0.717) is 56.6 Å². The van der Waals surface area contributed by atoms with Gasteiger partial charge in [0, 0.05) is 62.4 Å². The number of rotatable bonds is 4. The van der Waals surface area contributed by atoms with Crippen molar-refractivity contribution in [1.82, 2.24) is 40.0 Å². The number of amides is 1. The van der Waals surface area contributed by atoms with Crippen molar-refractivity contribution in [2.75, 3.05) is 50.0 Å². The van der Waals surface area contributed by atoms with Crippen molar-refractivity contribution in [3.8, 4) is 11.3 Å². The summed E-state index contributed by atoms with van der Waals surface area (Å²) in [5.74, 6) is 0.981. The maximum Gasteiger partial charge on any atom is 0.255 e. The molecular weight excluding hydrogens is 496 g/mol. The van der Waals surface area contributed by atoms with Crippen molar-refractivity contribution in [3.05, 3.63) is 48.2 Å². The first-order chi connectivity index (χ1) is 17.7. The van der Waals surface area contributed by atoms with Gasteiger partial charge in [0.05, 0.1) is 35.6 Å². The number of hydrogen-bond acceptors (Lipinski definition) is 10. The Kier molecular flexibility index (Phi) is 7.10. The molecule has 6 heterocycles. The van der Waals surface area contributed by atoms with Gasteiger partial charge in [-0.2, -0.15) is 10.1 Å². The lowest BCUT2D eigenvalue weighted by Gasteiger charge is -2.31. The van der Waals surface area contributed by atoms with Crippen LogP contribution in [0, 0.1) is 0 Å². The van der Waals surface area contributed by atoms with Gasteiger partial charge in [-0.15, -0.1) is 12.4 Å². The molecule has 0 atom stereocenters. The molecule has 0 saturated carbocycles. The molecule has 0 radical (unpaired) electrons. The molecule has 0 spiro atoms. The lowest BCUT2D eigenvalue weighted by molar-refractivity contribution is 0.0712. The monoisotopic (exact) mass is 522 g/mol. The van der Waals surface area contributed by atoms with E-state index in [4.69, 9.17) is 20.4 Å². The summed E-state index contributed by atoms with van der Waals surface area (Å²) < 4.78 is 5.49. The van der Waals surface area contributed by atoms with Gasteiger partial charge in [-0.1, -0.05) is 0 Å². The summed E-state index contributed by atoms with van der Waals surface area (Å²) in [6.45, 7) is 3.97. The van der Waals surface area contributed by atoms with Crippen molar-refractivity contribution < 1.29 is 9.53 Å². The van der Waals surface area contributed by atoms with E-state index in [1.54, 1.807) is 36.9 Å². The number of carbonyl (C=O) groups excluding carboxylic acids is 1. The Balaban J connectivity index is 0.00000280. The number of anilines is 2. The Labute approximate surface area is 219 Å². The Hall–Kier alpha value is -3.90. The number of aromatic nitrogens is 7. The first kappa shape index (κ1) is 24.8. The molecular formula is C24H27ClN10O2. The molecule has 0 aromatic carbocycles. The number of ether oxygens (including phenoxy) is 1. The number of aromatic amines is 1. The van der Waals surface area contributed by atoms with Crippen LogP contribution in [0.5, 0.6) is 0 Å². The summed E-state index contributed by atoms with van der Waals surface area (Å²) in [5, 5.41) is 8.68. The minimum Gasteiger partial charge on any atom is -0.378 e. The average molecular weight is 523 g/mol. The first-order valence-corrected chi connectivity index (χ1v) is 12.0. The van der Waals surface area contributed by atoms with Crippen LogP contribution in [0.4, 0.5) is 11.9 Å². The Morgan fingerprint density at radius 2 is 1.81 bits per heavy atom. The Morgan fingerprint density at radius 3 is 2.51 bits per heavy atom. The standard InChI is InChI=1S/C24H26N10O2.ClH/c25-23-27-13-17(14-28-23)19-18-20(31-32-21(18)30-24(29-19)34-8-10-36-11-9-34)15-3-6-33(7-4-15)22(35)16-2-1-5-26-12-16;/h1-2,5,12-15H,3-4,6-11H2,(H2,25,27,28)(H,29,30,31,32);1H. The van der Waals surface area contributed by atoms with Gasteiger partial charge in [-0.25, -0.2) is 15.0 Å². The van der Waals surface area contributed by atoms with Crippen molar-refractivity contribution >= 4 is 41.2 Å². The molecule has 2 aliphatic rings. The zero-order chi connectivity index (χ0) is 24.5. The number of halogens is 1. The third kappa shape index (κ3) is 4.89. The Bertz CT molecular complexity index is 1370. The van der Waals surface area contributed by atoms with E-state index in [1.807, 2.05) is 4.90 Å². The summed E-state index contributed by atoms with van der Waals surface area (Å²) in [4.78, 5) is 39.0. The first-order valence-electron chi connectivity index (χ1n) is 12.0. The second kappa shape index (κ2) is 10.6. The second-order valence-corrected chi connectivity index (χ2v) is 8.94. The zero-order valence-corrected chi connectivity index (χ0v) is 20.9. The quantitative estimate of drug-likeness (QED) is 0.407. The molecule has 2 saturated heterocycles. The number of hydrogen-bond donors (Lipinski definition) is 2. The number of nitrogens with two attached hydrogens (primary N) is 1. The van der Waals surface area contributed by atoms with Gasteiger partial charge in [-0.05, 0) is 25.0 Å². The summed E-state index contributed by atoms with van der Waals surface area (Å²) >= 11 is 0. The number of nitrogens with zero attached hydrogens (tertiary/aromatic N) is 8. The van der Waals surface area contributed by atoms with Gasteiger partial charge in [-0.3, -0.25) is 14.9 Å². The Morgan fingerprint density at radius 1 is 1.05 bits per heavy atom. The molecule has 4 aromatic heterocycles. The lowest BCUT2D eigenvalue weighted by Crippen LogP contribution is -2.38. The van der Waals surface area contributed by atoms with Gasteiger partial charge in [0.2, 0.25) is 11.9 Å². The van der Waals surface area contributed by atoms with E-state index in [0.717, 1.165) is 35.2 Å². The third-order valence-corrected chi connectivity index (χ3v) is 6.75. The summed E-state index contributed by atoms with van der Waals surface area (Å²) in [7, 11) is 0. The number of morpholine rings is 1. The van der Waals surface area contributed by atoms with E-state index in [1.165, 1.54) is 0 Å². The van der Waals surface area contributed by atoms with E-state index < -0.39 is 0 Å². The summed E-state index contributed by atoms with van der Waals surface area (Å²) in [5.41, 5.74) is 9.39. The highest BCUT2D eigenvalue weighted by atomic mass is 35.5. The van der Waals surface area contributed by atoms with Crippen molar-refractivity contribution in [1.29, 1.82) is 0 Å². The number of piperidine rings is 1. The fourth-order valence-corrected chi connectivity index (χ4v) is 4.84. The maximum absolute atomic E-state index is 12.9. The van der Waals surface area contributed by atoms with Crippen molar-refractivity contribution in [2.45, 2.75) is 18.8 Å². The van der Waals surface area contributed by atoms with Gasteiger partial charge in [0.25, 0.3) is 5.91 Å². The third-order valence-electron chi connectivity index (χ3n) is 6.75. The zero-order valence-electron chi connectivity index (χ0n) is 20.1. The minimum absolute atomic E-state index is 0. The van der Waals surface area contributed by atoms with E-state index in [-0.39, 0.29) is 30.2 Å². The fourth-order valence-electron chi connectivity index (χ4n) is 4.84. The predicted octanol–water partition coefficient (Wildman–Crippen LogP) is 2.07. The molecule has 4 aromatic rings. The van der Waals surface area contributed by atoms with Crippen LogP contribution >= 0.6 is 12.4 Å². The maximum atomic E-state index is 12.9.